The Bertz CT molecular complexity index is 381. The fourth-order valence-corrected chi connectivity index (χ4v) is 1.42. The van der Waals surface area contributed by atoms with Gasteiger partial charge in [-0.25, -0.2) is 0 Å². The number of nitrogens with one attached hydrogen (secondary N) is 1. The van der Waals surface area contributed by atoms with Gasteiger partial charge in [-0.2, -0.15) is 0 Å². The molecule has 0 heterocycles. The Balaban J connectivity index is 2.76. The standard InChI is InChI=1S/C12H17N3O/c1-3-4-8(2)15-12(16)9-5-10(13)7-11(14)6-9/h3,5-8H,1,4,13-14H2,2H3,(H,15,16). The monoisotopic (exact) mass is 219 g/mol. The molecule has 0 aromatic heterocycles. The van der Waals surface area contributed by atoms with Crippen molar-refractivity contribution in [1.29, 1.82) is 0 Å². The summed E-state index contributed by atoms with van der Waals surface area (Å²) in [4.78, 5) is 11.8. The van der Waals surface area contributed by atoms with Crippen molar-refractivity contribution in [3.05, 3.63) is 36.4 Å². The Hall–Kier alpha value is -1.97. The Morgan fingerprint density at radius 1 is 1.44 bits per heavy atom. The van der Waals surface area contributed by atoms with E-state index in [0.29, 0.717) is 16.9 Å². The lowest BCUT2D eigenvalue weighted by atomic mass is 10.1. The molecule has 1 amide bonds. The third kappa shape index (κ3) is 3.31. The van der Waals surface area contributed by atoms with Crippen LogP contribution in [0.1, 0.15) is 23.7 Å². The molecule has 1 aromatic rings. The Labute approximate surface area is 95.3 Å². The zero-order valence-corrected chi connectivity index (χ0v) is 9.36. The van der Waals surface area contributed by atoms with Crippen molar-refractivity contribution in [2.75, 3.05) is 11.5 Å². The second-order valence-corrected chi connectivity index (χ2v) is 3.79. The highest BCUT2D eigenvalue weighted by atomic mass is 16.1. The van der Waals surface area contributed by atoms with Crippen molar-refractivity contribution in [2.45, 2.75) is 19.4 Å². The van der Waals surface area contributed by atoms with Crippen LogP contribution in [-0.4, -0.2) is 11.9 Å². The van der Waals surface area contributed by atoms with E-state index < -0.39 is 0 Å². The molecule has 4 nitrogen and oxygen atoms in total. The van der Waals surface area contributed by atoms with Crippen molar-refractivity contribution >= 4 is 17.3 Å². The quantitative estimate of drug-likeness (QED) is 0.530. The maximum atomic E-state index is 11.8. The molecular weight excluding hydrogens is 202 g/mol. The number of nitrogen functional groups attached to an aromatic ring is 2. The second-order valence-electron chi connectivity index (χ2n) is 3.79. The first-order chi connectivity index (χ1) is 7.52. The largest absolute Gasteiger partial charge is 0.399 e. The van der Waals surface area contributed by atoms with E-state index in [1.165, 1.54) is 0 Å². The Morgan fingerprint density at radius 3 is 2.50 bits per heavy atom. The van der Waals surface area contributed by atoms with Crippen LogP contribution in [0, 0.1) is 0 Å². The van der Waals surface area contributed by atoms with Gasteiger partial charge in [-0.1, -0.05) is 6.08 Å². The number of rotatable bonds is 4. The molecule has 0 bridgehead atoms. The number of carbonyl (C=O) groups excluding carboxylic acids is 1. The second kappa shape index (κ2) is 5.21. The highest BCUT2D eigenvalue weighted by Crippen LogP contribution is 2.13. The topological polar surface area (TPSA) is 81.1 Å². The van der Waals surface area contributed by atoms with Crippen LogP contribution in [0.2, 0.25) is 0 Å². The summed E-state index contributed by atoms with van der Waals surface area (Å²) in [6.45, 7) is 5.53. The van der Waals surface area contributed by atoms with Crippen LogP contribution >= 0.6 is 0 Å². The maximum absolute atomic E-state index is 11.8. The van der Waals surface area contributed by atoms with Gasteiger partial charge in [-0.3, -0.25) is 4.79 Å². The van der Waals surface area contributed by atoms with E-state index >= 15 is 0 Å². The molecule has 16 heavy (non-hydrogen) atoms. The van der Waals surface area contributed by atoms with Crippen molar-refractivity contribution in [3.8, 4) is 0 Å². The number of anilines is 2. The molecule has 0 saturated carbocycles. The van der Waals surface area contributed by atoms with Crippen molar-refractivity contribution < 1.29 is 4.79 Å². The van der Waals surface area contributed by atoms with Gasteiger partial charge >= 0.3 is 0 Å². The van der Waals surface area contributed by atoms with Gasteiger partial charge in [0.2, 0.25) is 0 Å². The molecule has 1 rings (SSSR count). The van der Waals surface area contributed by atoms with E-state index in [9.17, 15) is 4.79 Å². The van der Waals surface area contributed by atoms with E-state index in [0.717, 1.165) is 6.42 Å². The third-order valence-corrected chi connectivity index (χ3v) is 2.14. The summed E-state index contributed by atoms with van der Waals surface area (Å²) < 4.78 is 0. The normalized spacial score (nSPS) is 11.8. The zero-order valence-electron chi connectivity index (χ0n) is 9.36. The van der Waals surface area contributed by atoms with Crippen LogP contribution < -0.4 is 16.8 Å². The van der Waals surface area contributed by atoms with Gasteiger partial charge in [0.1, 0.15) is 0 Å². The lowest BCUT2D eigenvalue weighted by molar-refractivity contribution is 0.0940. The van der Waals surface area contributed by atoms with E-state index in [1.807, 2.05) is 6.92 Å². The lowest BCUT2D eigenvalue weighted by Crippen LogP contribution is -2.32. The minimum Gasteiger partial charge on any atom is -0.399 e. The van der Waals surface area contributed by atoms with Gasteiger partial charge in [-0.05, 0) is 31.5 Å². The van der Waals surface area contributed by atoms with E-state index in [2.05, 4.69) is 11.9 Å². The summed E-state index contributed by atoms with van der Waals surface area (Å²) in [6, 6.07) is 4.87. The third-order valence-electron chi connectivity index (χ3n) is 2.14. The fourth-order valence-electron chi connectivity index (χ4n) is 1.42. The van der Waals surface area contributed by atoms with Gasteiger partial charge in [0, 0.05) is 23.0 Å². The molecule has 1 atom stereocenters. The summed E-state index contributed by atoms with van der Waals surface area (Å²) in [5.74, 6) is -0.173. The molecule has 0 aliphatic rings. The fraction of sp³-hybridized carbons (Fsp3) is 0.250. The van der Waals surface area contributed by atoms with Crippen LogP contribution in [0.3, 0.4) is 0 Å². The first-order valence-electron chi connectivity index (χ1n) is 5.10. The summed E-state index contributed by atoms with van der Waals surface area (Å²) in [7, 11) is 0. The molecule has 0 radical (unpaired) electrons. The molecule has 0 aliphatic carbocycles. The van der Waals surface area contributed by atoms with Crippen LogP contribution in [0.25, 0.3) is 0 Å². The van der Waals surface area contributed by atoms with E-state index in [1.54, 1.807) is 24.3 Å². The first kappa shape index (κ1) is 12.1. The van der Waals surface area contributed by atoms with Crippen LogP contribution in [0.5, 0.6) is 0 Å². The van der Waals surface area contributed by atoms with E-state index in [-0.39, 0.29) is 11.9 Å². The molecule has 0 aliphatic heterocycles. The molecule has 86 valence electrons. The smallest absolute Gasteiger partial charge is 0.251 e. The summed E-state index contributed by atoms with van der Waals surface area (Å²) in [5, 5.41) is 2.83. The molecule has 0 spiro atoms. The zero-order chi connectivity index (χ0) is 12.1. The average Bonchev–Trinajstić information content (AvgIpc) is 2.16. The molecule has 0 saturated heterocycles. The molecule has 1 unspecified atom stereocenters. The number of carbonyl (C=O) groups is 1. The van der Waals surface area contributed by atoms with Crippen LogP contribution in [-0.2, 0) is 0 Å². The molecule has 1 aromatic carbocycles. The van der Waals surface area contributed by atoms with Gasteiger partial charge < -0.3 is 16.8 Å². The highest BCUT2D eigenvalue weighted by Gasteiger charge is 2.09. The first-order valence-corrected chi connectivity index (χ1v) is 5.10. The minimum absolute atomic E-state index is 0.0488. The van der Waals surface area contributed by atoms with Crippen molar-refractivity contribution in [1.82, 2.24) is 5.32 Å². The van der Waals surface area contributed by atoms with Gasteiger partial charge in [0.25, 0.3) is 5.91 Å². The van der Waals surface area contributed by atoms with Gasteiger partial charge in [0.15, 0.2) is 0 Å². The van der Waals surface area contributed by atoms with Gasteiger partial charge in [-0.15, -0.1) is 6.58 Å². The highest BCUT2D eigenvalue weighted by molar-refractivity contribution is 5.96. The number of amides is 1. The molecule has 5 N–H and O–H groups in total. The molecule has 4 heteroatoms. The summed E-state index contributed by atoms with van der Waals surface area (Å²) in [6.07, 6.45) is 2.49. The number of nitrogens with two attached hydrogens (primary N) is 2. The van der Waals surface area contributed by atoms with Crippen molar-refractivity contribution in [2.24, 2.45) is 0 Å². The van der Waals surface area contributed by atoms with E-state index in [4.69, 9.17) is 11.5 Å². The lowest BCUT2D eigenvalue weighted by Gasteiger charge is -2.12. The molecule has 0 fully saturated rings. The van der Waals surface area contributed by atoms with Gasteiger partial charge in [0.05, 0.1) is 0 Å². The number of hydrogen-bond acceptors (Lipinski definition) is 3. The predicted octanol–water partition coefficient (Wildman–Crippen LogP) is 1.55. The minimum atomic E-state index is -0.173. The number of benzene rings is 1. The van der Waals surface area contributed by atoms with Crippen LogP contribution in [0.4, 0.5) is 11.4 Å². The number of hydrogen-bond donors (Lipinski definition) is 3. The predicted molar refractivity (Wildman–Crippen MR) is 67.0 cm³/mol. The van der Waals surface area contributed by atoms with Crippen molar-refractivity contribution in [3.63, 3.8) is 0 Å². The Kier molecular flexibility index (Phi) is 3.94. The average molecular weight is 219 g/mol. The van der Waals surface area contributed by atoms with Crippen LogP contribution in [0.15, 0.2) is 30.9 Å². The maximum Gasteiger partial charge on any atom is 0.251 e. The summed E-state index contributed by atoms with van der Waals surface area (Å²) in [5.41, 5.74) is 12.7. The SMILES string of the molecule is C=CCC(C)NC(=O)c1cc(N)cc(N)c1. The molecular formula is C12H17N3O. The Morgan fingerprint density at radius 2 is 2.00 bits per heavy atom. The summed E-state index contributed by atoms with van der Waals surface area (Å²) >= 11 is 0.